The lowest BCUT2D eigenvalue weighted by Gasteiger charge is -2.15. The smallest absolute Gasteiger partial charge is 0.126 e. The van der Waals surface area contributed by atoms with E-state index >= 15 is 0 Å². The Morgan fingerprint density at radius 2 is 1.71 bits per heavy atom. The molecule has 1 aromatic carbocycles. The first-order valence-corrected chi connectivity index (χ1v) is 6.26. The average Bonchev–Trinajstić information content (AvgIpc) is 2.67. The van der Waals surface area contributed by atoms with Crippen LogP contribution in [-0.2, 0) is 6.42 Å². The Hall–Kier alpha value is -0.960. The maximum absolute atomic E-state index is 13.0. The van der Waals surface area contributed by atoms with E-state index in [1.165, 1.54) is 37.8 Å². The van der Waals surface area contributed by atoms with Gasteiger partial charge in [0.05, 0.1) is 6.10 Å². The maximum Gasteiger partial charge on any atom is 0.126 e. The van der Waals surface area contributed by atoms with Gasteiger partial charge in [0.25, 0.3) is 0 Å². The standard InChI is InChI=1S/C14H18F2O/c15-12-5-11(6-13(16)9-12)8-14(17)7-10-3-1-2-4-10/h5-6,9-10,14,17H,1-4,7-8H2. The van der Waals surface area contributed by atoms with Crippen molar-refractivity contribution in [3.63, 3.8) is 0 Å². The van der Waals surface area contributed by atoms with E-state index in [-0.39, 0.29) is 0 Å². The van der Waals surface area contributed by atoms with Gasteiger partial charge in [0.1, 0.15) is 11.6 Å². The Morgan fingerprint density at radius 3 is 2.29 bits per heavy atom. The topological polar surface area (TPSA) is 20.2 Å². The zero-order chi connectivity index (χ0) is 12.3. The van der Waals surface area contributed by atoms with Gasteiger partial charge in [-0.05, 0) is 36.5 Å². The minimum atomic E-state index is -0.576. The fourth-order valence-electron chi connectivity index (χ4n) is 2.72. The van der Waals surface area contributed by atoms with Crippen molar-refractivity contribution < 1.29 is 13.9 Å². The van der Waals surface area contributed by atoms with Crippen LogP contribution in [0, 0.1) is 17.6 Å². The van der Waals surface area contributed by atoms with Crippen LogP contribution in [0.25, 0.3) is 0 Å². The van der Waals surface area contributed by atoms with Crippen molar-refractivity contribution in [1.29, 1.82) is 0 Å². The number of hydrogen-bond acceptors (Lipinski definition) is 1. The van der Waals surface area contributed by atoms with Crippen LogP contribution >= 0.6 is 0 Å². The normalized spacial score (nSPS) is 18.5. The third-order valence-electron chi connectivity index (χ3n) is 3.47. The molecule has 3 heteroatoms. The van der Waals surface area contributed by atoms with Crippen LogP contribution in [0.4, 0.5) is 8.78 Å². The molecule has 1 N–H and O–H groups in total. The summed E-state index contributed by atoms with van der Waals surface area (Å²) in [5.74, 6) is -0.565. The molecule has 1 aromatic rings. The number of hydrogen-bond donors (Lipinski definition) is 1. The molecule has 1 fully saturated rings. The monoisotopic (exact) mass is 240 g/mol. The molecule has 0 amide bonds. The number of aliphatic hydroxyl groups is 1. The van der Waals surface area contributed by atoms with Crippen molar-refractivity contribution >= 4 is 0 Å². The van der Waals surface area contributed by atoms with Crippen molar-refractivity contribution in [3.05, 3.63) is 35.4 Å². The largest absolute Gasteiger partial charge is 0.393 e. The first-order valence-electron chi connectivity index (χ1n) is 6.26. The third kappa shape index (κ3) is 3.77. The van der Waals surface area contributed by atoms with Gasteiger partial charge in [0, 0.05) is 6.07 Å². The van der Waals surface area contributed by atoms with Gasteiger partial charge in [-0.1, -0.05) is 25.7 Å². The molecular formula is C14H18F2O. The van der Waals surface area contributed by atoms with Crippen LogP contribution in [0.3, 0.4) is 0 Å². The van der Waals surface area contributed by atoms with E-state index in [4.69, 9.17) is 0 Å². The molecule has 0 spiro atoms. The van der Waals surface area contributed by atoms with Crippen LogP contribution in [0.1, 0.15) is 37.7 Å². The second-order valence-electron chi connectivity index (χ2n) is 5.02. The molecule has 1 atom stereocenters. The van der Waals surface area contributed by atoms with Gasteiger partial charge in [0.2, 0.25) is 0 Å². The summed E-state index contributed by atoms with van der Waals surface area (Å²) >= 11 is 0. The van der Waals surface area contributed by atoms with Crippen LogP contribution in [0.2, 0.25) is 0 Å². The SMILES string of the molecule is OC(Cc1cc(F)cc(F)c1)CC1CCCC1. The quantitative estimate of drug-likeness (QED) is 0.854. The highest BCUT2D eigenvalue weighted by Crippen LogP contribution is 2.29. The van der Waals surface area contributed by atoms with Gasteiger partial charge in [-0.15, -0.1) is 0 Å². The summed E-state index contributed by atoms with van der Waals surface area (Å²) in [6, 6.07) is 3.44. The fourth-order valence-corrected chi connectivity index (χ4v) is 2.72. The van der Waals surface area contributed by atoms with Gasteiger partial charge in [-0.25, -0.2) is 8.78 Å². The van der Waals surface area contributed by atoms with E-state index in [0.29, 0.717) is 17.9 Å². The Labute approximate surface area is 100 Å². The Balaban J connectivity index is 1.90. The second-order valence-corrected chi connectivity index (χ2v) is 5.02. The molecular weight excluding hydrogens is 222 g/mol. The van der Waals surface area contributed by atoms with E-state index in [0.717, 1.165) is 12.5 Å². The zero-order valence-corrected chi connectivity index (χ0v) is 9.83. The first-order chi connectivity index (χ1) is 8.13. The van der Waals surface area contributed by atoms with E-state index in [2.05, 4.69) is 0 Å². The highest BCUT2D eigenvalue weighted by Gasteiger charge is 2.19. The highest BCUT2D eigenvalue weighted by atomic mass is 19.1. The summed E-state index contributed by atoms with van der Waals surface area (Å²) in [6.07, 6.45) is 5.43. The van der Waals surface area contributed by atoms with Crippen molar-refractivity contribution in [2.75, 3.05) is 0 Å². The molecule has 0 radical (unpaired) electrons. The summed E-state index contributed by atoms with van der Waals surface area (Å²) in [6.45, 7) is 0. The number of halogens is 2. The lowest BCUT2D eigenvalue weighted by Crippen LogP contribution is -2.15. The molecule has 0 saturated heterocycles. The summed E-state index contributed by atoms with van der Waals surface area (Å²) in [4.78, 5) is 0. The average molecular weight is 240 g/mol. The van der Waals surface area contributed by atoms with Gasteiger partial charge in [-0.3, -0.25) is 0 Å². The minimum absolute atomic E-state index is 0.338. The molecule has 1 aliphatic carbocycles. The fraction of sp³-hybridized carbons (Fsp3) is 0.571. The van der Waals surface area contributed by atoms with Crippen molar-refractivity contribution in [2.24, 2.45) is 5.92 Å². The second kappa shape index (κ2) is 5.58. The zero-order valence-electron chi connectivity index (χ0n) is 9.83. The number of benzene rings is 1. The van der Waals surface area contributed by atoms with Gasteiger partial charge in [0.15, 0.2) is 0 Å². The highest BCUT2D eigenvalue weighted by molar-refractivity contribution is 5.18. The maximum atomic E-state index is 13.0. The van der Waals surface area contributed by atoms with E-state index < -0.39 is 17.7 Å². The summed E-state index contributed by atoms with van der Waals surface area (Å²) < 4.78 is 25.9. The van der Waals surface area contributed by atoms with Crippen molar-refractivity contribution in [3.8, 4) is 0 Å². The molecule has 0 bridgehead atoms. The predicted molar refractivity (Wildman–Crippen MR) is 62.6 cm³/mol. The minimum Gasteiger partial charge on any atom is -0.393 e. The third-order valence-corrected chi connectivity index (χ3v) is 3.47. The van der Waals surface area contributed by atoms with E-state index in [1.807, 2.05) is 0 Å². The van der Waals surface area contributed by atoms with Crippen LogP contribution in [0.5, 0.6) is 0 Å². The molecule has 1 saturated carbocycles. The Bertz CT molecular complexity index is 352. The molecule has 0 heterocycles. The summed E-state index contributed by atoms with van der Waals surface area (Å²) in [5, 5.41) is 9.90. The molecule has 17 heavy (non-hydrogen) atoms. The molecule has 0 aliphatic heterocycles. The lowest BCUT2D eigenvalue weighted by molar-refractivity contribution is 0.143. The first kappa shape index (κ1) is 12.5. The molecule has 1 unspecified atom stereocenters. The molecule has 1 nitrogen and oxygen atoms in total. The van der Waals surface area contributed by atoms with Gasteiger partial charge >= 0.3 is 0 Å². The molecule has 1 aliphatic rings. The van der Waals surface area contributed by atoms with E-state index in [1.54, 1.807) is 0 Å². The van der Waals surface area contributed by atoms with Gasteiger partial charge < -0.3 is 5.11 Å². The summed E-state index contributed by atoms with van der Waals surface area (Å²) in [5.41, 5.74) is 0.535. The van der Waals surface area contributed by atoms with Crippen LogP contribution < -0.4 is 0 Å². The van der Waals surface area contributed by atoms with Crippen LogP contribution in [-0.4, -0.2) is 11.2 Å². The molecule has 0 aromatic heterocycles. The van der Waals surface area contributed by atoms with E-state index in [9.17, 15) is 13.9 Å². The van der Waals surface area contributed by atoms with Crippen LogP contribution in [0.15, 0.2) is 18.2 Å². The number of rotatable bonds is 4. The van der Waals surface area contributed by atoms with Crippen molar-refractivity contribution in [2.45, 2.75) is 44.6 Å². The summed E-state index contributed by atoms with van der Waals surface area (Å²) in [7, 11) is 0. The lowest BCUT2D eigenvalue weighted by atomic mass is 9.96. The van der Waals surface area contributed by atoms with Crippen molar-refractivity contribution in [1.82, 2.24) is 0 Å². The predicted octanol–water partition coefficient (Wildman–Crippen LogP) is 3.45. The molecule has 2 rings (SSSR count). The molecule has 94 valence electrons. The Morgan fingerprint density at radius 1 is 1.12 bits per heavy atom. The number of aliphatic hydroxyl groups excluding tert-OH is 1. The van der Waals surface area contributed by atoms with Gasteiger partial charge in [-0.2, -0.15) is 0 Å². The Kier molecular flexibility index (Phi) is 4.11.